The van der Waals surface area contributed by atoms with Gasteiger partial charge in [0.05, 0.1) is 17.6 Å². The van der Waals surface area contributed by atoms with E-state index in [0.717, 1.165) is 59.2 Å². The summed E-state index contributed by atoms with van der Waals surface area (Å²) in [5.74, 6) is 3.74. The van der Waals surface area contributed by atoms with Crippen LogP contribution in [0.15, 0.2) is 48.5 Å². The van der Waals surface area contributed by atoms with Crippen molar-refractivity contribution < 1.29 is 4.74 Å². The number of nitrogens with zero attached hydrogens (tertiary/aromatic N) is 4. The van der Waals surface area contributed by atoms with Gasteiger partial charge in [0.25, 0.3) is 0 Å². The van der Waals surface area contributed by atoms with Crippen LogP contribution in [0.4, 0.5) is 0 Å². The molecule has 0 bridgehead atoms. The van der Waals surface area contributed by atoms with Crippen LogP contribution in [-0.4, -0.2) is 24.7 Å². The van der Waals surface area contributed by atoms with Crippen LogP contribution in [0.2, 0.25) is 0 Å². The number of aryl methyl sites for hydroxylation is 2. The molecule has 0 amide bonds. The lowest BCUT2D eigenvalue weighted by molar-refractivity contribution is 0.297. The summed E-state index contributed by atoms with van der Waals surface area (Å²) < 4.78 is 8.01. The fourth-order valence-electron chi connectivity index (χ4n) is 3.29. The predicted octanol–water partition coefficient (Wildman–Crippen LogP) is 2.88. The van der Waals surface area contributed by atoms with Crippen LogP contribution >= 0.6 is 0 Å². The van der Waals surface area contributed by atoms with E-state index in [1.807, 2.05) is 42.5 Å². The molecule has 2 aromatic carbocycles. The molecule has 0 fully saturated rings. The second-order valence-electron chi connectivity index (χ2n) is 6.22. The molecule has 3 heterocycles. The van der Waals surface area contributed by atoms with Gasteiger partial charge in [0, 0.05) is 18.4 Å². The number of fused-ring (bicyclic) bond motifs is 3. The first-order valence-corrected chi connectivity index (χ1v) is 8.42. The zero-order chi connectivity index (χ0) is 16.6. The number of imidazole rings is 1. The van der Waals surface area contributed by atoms with Gasteiger partial charge in [0.15, 0.2) is 5.82 Å². The first-order chi connectivity index (χ1) is 12.4. The van der Waals surface area contributed by atoms with Gasteiger partial charge in [-0.05, 0) is 18.2 Å². The molecule has 0 aliphatic carbocycles. The second-order valence-corrected chi connectivity index (χ2v) is 6.22. The minimum Gasteiger partial charge on any atom is -0.485 e. The maximum Gasteiger partial charge on any atom is 0.171 e. The lowest BCUT2D eigenvalue weighted by atomic mass is 10.2. The van der Waals surface area contributed by atoms with E-state index < -0.39 is 0 Å². The molecule has 6 heteroatoms. The van der Waals surface area contributed by atoms with Crippen LogP contribution in [0.25, 0.3) is 11.0 Å². The Morgan fingerprint density at radius 3 is 2.84 bits per heavy atom. The molecular weight excluding hydrogens is 314 g/mol. The highest BCUT2D eigenvalue weighted by molar-refractivity contribution is 5.74. The summed E-state index contributed by atoms with van der Waals surface area (Å²) in [5.41, 5.74) is 3.23. The van der Waals surface area contributed by atoms with Gasteiger partial charge in [0.2, 0.25) is 0 Å². The number of aromatic nitrogens is 5. The quantitative estimate of drug-likeness (QED) is 0.627. The van der Waals surface area contributed by atoms with Gasteiger partial charge in [-0.1, -0.05) is 30.3 Å². The monoisotopic (exact) mass is 331 g/mol. The third-order valence-corrected chi connectivity index (χ3v) is 4.59. The van der Waals surface area contributed by atoms with Crippen LogP contribution in [-0.2, 0) is 26.0 Å². The van der Waals surface area contributed by atoms with Gasteiger partial charge < -0.3 is 14.3 Å². The summed E-state index contributed by atoms with van der Waals surface area (Å²) in [7, 11) is 0. The van der Waals surface area contributed by atoms with E-state index >= 15 is 0 Å². The molecule has 0 unspecified atom stereocenters. The van der Waals surface area contributed by atoms with E-state index in [4.69, 9.17) is 4.74 Å². The third kappa shape index (κ3) is 2.55. The number of ether oxygens (including phenoxy) is 1. The Balaban J connectivity index is 1.40. The average Bonchev–Trinajstić information content (AvgIpc) is 3.18. The first-order valence-electron chi connectivity index (χ1n) is 8.42. The molecule has 0 spiro atoms. The van der Waals surface area contributed by atoms with Crippen molar-refractivity contribution in [3.8, 4) is 5.75 Å². The number of benzene rings is 2. The molecule has 1 N–H and O–H groups in total. The van der Waals surface area contributed by atoms with Crippen LogP contribution in [0, 0.1) is 0 Å². The van der Waals surface area contributed by atoms with Crippen molar-refractivity contribution in [2.45, 2.75) is 26.0 Å². The number of para-hydroxylation sites is 3. The van der Waals surface area contributed by atoms with E-state index in [2.05, 4.69) is 30.8 Å². The number of aromatic amines is 1. The zero-order valence-electron chi connectivity index (χ0n) is 13.6. The highest BCUT2D eigenvalue weighted by Crippen LogP contribution is 2.24. The smallest absolute Gasteiger partial charge is 0.171 e. The van der Waals surface area contributed by atoms with Gasteiger partial charge in [0.1, 0.15) is 24.0 Å². The van der Waals surface area contributed by atoms with E-state index in [-0.39, 0.29) is 0 Å². The average molecular weight is 331 g/mol. The summed E-state index contributed by atoms with van der Waals surface area (Å²) in [6, 6.07) is 16.2. The topological polar surface area (TPSA) is 68.6 Å². The fraction of sp³-hybridized carbons (Fsp3) is 0.211. The molecular formula is C19H17N5O. The second kappa shape index (κ2) is 5.73. The molecule has 124 valence electrons. The minimum atomic E-state index is 0.453. The molecule has 1 aliphatic rings. The number of hydrogen-bond donors (Lipinski definition) is 1. The standard InChI is InChI=1S/C19H17N5O/c1-4-8-16-13(5-1)11-24-18(22-23-19(24)12-25-16)10-9-17-20-14-6-2-3-7-15(14)21-17/h1-8H,9-12H2,(H,20,21). The summed E-state index contributed by atoms with van der Waals surface area (Å²) in [6.45, 7) is 1.20. The van der Waals surface area contributed by atoms with Gasteiger partial charge in [-0.15, -0.1) is 10.2 Å². The Hall–Kier alpha value is -3.15. The Morgan fingerprint density at radius 2 is 1.88 bits per heavy atom. The molecule has 6 nitrogen and oxygen atoms in total. The van der Waals surface area contributed by atoms with Crippen molar-refractivity contribution >= 4 is 11.0 Å². The Labute approximate surface area is 144 Å². The Morgan fingerprint density at radius 1 is 1.00 bits per heavy atom. The molecule has 4 aromatic rings. The fourth-order valence-corrected chi connectivity index (χ4v) is 3.29. The molecule has 2 aromatic heterocycles. The minimum absolute atomic E-state index is 0.453. The van der Waals surface area contributed by atoms with Crippen molar-refractivity contribution in [3.63, 3.8) is 0 Å². The summed E-state index contributed by atoms with van der Waals surface area (Å²) in [4.78, 5) is 8.01. The van der Waals surface area contributed by atoms with Crippen LogP contribution in [0.5, 0.6) is 5.75 Å². The van der Waals surface area contributed by atoms with Crippen LogP contribution < -0.4 is 4.74 Å². The van der Waals surface area contributed by atoms with Crippen LogP contribution in [0.1, 0.15) is 23.0 Å². The lowest BCUT2D eigenvalue weighted by Crippen LogP contribution is -2.09. The maximum absolute atomic E-state index is 5.85. The van der Waals surface area contributed by atoms with Gasteiger partial charge in [-0.2, -0.15) is 0 Å². The van der Waals surface area contributed by atoms with E-state index in [1.165, 1.54) is 0 Å². The van der Waals surface area contributed by atoms with Gasteiger partial charge in [-0.3, -0.25) is 0 Å². The Bertz CT molecular complexity index is 1020. The van der Waals surface area contributed by atoms with E-state index in [1.54, 1.807) is 0 Å². The Kier molecular flexibility index (Phi) is 3.26. The third-order valence-electron chi connectivity index (χ3n) is 4.59. The van der Waals surface area contributed by atoms with Crippen molar-refractivity contribution in [2.24, 2.45) is 0 Å². The number of rotatable bonds is 3. The lowest BCUT2D eigenvalue weighted by Gasteiger charge is -2.07. The maximum atomic E-state index is 5.85. The largest absolute Gasteiger partial charge is 0.485 e. The zero-order valence-corrected chi connectivity index (χ0v) is 13.6. The molecule has 0 saturated heterocycles. The van der Waals surface area contributed by atoms with E-state index in [0.29, 0.717) is 6.61 Å². The predicted molar refractivity (Wildman–Crippen MR) is 93.4 cm³/mol. The SMILES string of the molecule is c1ccc2c(c1)Cn1c(CCc3nc4ccccc4[nH]3)nnc1CO2. The molecule has 0 radical (unpaired) electrons. The highest BCUT2D eigenvalue weighted by Gasteiger charge is 2.19. The molecule has 1 aliphatic heterocycles. The number of nitrogens with one attached hydrogen (secondary N) is 1. The van der Waals surface area contributed by atoms with Crippen LogP contribution in [0.3, 0.4) is 0 Å². The van der Waals surface area contributed by atoms with E-state index in [9.17, 15) is 0 Å². The van der Waals surface area contributed by atoms with Crippen molar-refractivity contribution in [3.05, 3.63) is 71.6 Å². The van der Waals surface area contributed by atoms with Crippen molar-refractivity contribution in [1.82, 2.24) is 24.7 Å². The van der Waals surface area contributed by atoms with Gasteiger partial charge in [-0.25, -0.2) is 4.98 Å². The first kappa shape index (κ1) is 14.2. The molecule has 25 heavy (non-hydrogen) atoms. The molecule has 0 atom stereocenters. The van der Waals surface area contributed by atoms with Crippen molar-refractivity contribution in [1.29, 1.82) is 0 Å². The summed E-state index contributed by atoms with van der Waals surface area (Å²) in [6.07, 6.45) is 1.59. The number of hydrogen-bond acceptors (Lipinski definition) is 4. The van der Waals surface area contributed by atoms with Crippen molar-refractivity contribution in [2.75, 3.05) is 0 Å². The molecule has 0 saturated carbocycles. The highest BCUT2D eigenvalue weighted by atomic mass is 16.5. The van der Waals surface area contributed by atoms with Gasteiger partial charge >= 0.3 is 0 Å². The summed E-state index contributed by atoms with van der Waals surface area (Å²) in [5, 5.41) is 8.68. The summed E-state index contributed by atoms with van der Waals surface area (Å²) >= 11 is 0. The molecule has 5 rings (SSSR count). The normalized spacial score (nSPS) is 13.1. The number of H-pyrrole nitrogens is 1.